The molecule has 160 valence electrons. The molecule has 10 nitrogen and oxygen atoms in total. The molecule has 0 spiro atoms. The molecule has 1 aromatic heterocycles. The van der Waals surface area contributed by atoms with E-state index in [9.17, 15) is 9.18 Å². The summed E-state index contributed by atoms with van der Waals surface area (Å²) in [6.45, 7) is 2.01. The second-order valence-electron chi connectivity index (χ2n) is 6.40. The molecule has 4 rings (SSSR count). The second kappa shape index (κ2) is 8.92. The van der Waals surface area contributed by atoms with Crippen molar-refractivity contribution in [2.75, 3.05) is 29.1 Å². The Kier molecular flexibility index (Phi) is 5.89. The second-order valence-corrected chi connectivity index (χ2v) is 7.34. The number of thioether (sulfide) groups is 1. The lowest BCUT2D eigenvalue weighted by Gasteiger charge is -2.06. The first-order chi connectivity index (χ1) is 15.0. The van der Waals surface area contributed by atoms with Gasteiger partial charge < -0.3 is 20.6 Å². The van der Waals surface area contributed by atoms with Gasteiger partial charge in [0, 0.05) is 11.3 Å². The van der Waals surface area contributed by atoms with Crippen molar-refractivity contribution in [3.8, 4) is 11.5 Å². The highest BCUT2D eigenvalue weighted by atomic mass is 32.2. The SMILES string of the molecule is C/C(=N\Nc1nnc(SCC(=O)Nc2cccc(F)c2)n1N)c1ccc2c(c1)OCO2. The number of nitrogens with zero attached hydrogens (tertiary/aromatic N) is 4. The maximum absolute atomic E-state index is 13.2. The summed E-state index contributed by atoms with van der Waals surface area (Å²) in [4.78, 5) is 12.1. The van der Waals surface area contributed by atoms with Gasteiger partial charge in [0.25, 0.3) is 5.95 Å². The van der Waals surface area contributed by atoms with E-state index in [2.05, 4.69) is 26.0 Å². The summed E-state index contributed by atoms with van der Waals surface area (Å²) >= 11 is 1.08. The van der Waals surface area contributed by atoms with Crippen molar-refractivity contribution < 1.29 is 18.7 Å². The number of ether oxygens (including phenoxy) is 2. The number of halogens is 1. The van der Waals surface area contributed by atoms with Crippen LogP contribution in [0, 0.1) is 5.82 Å². The lowest BCUT2D eigenvalue weighted by atomic mass is 10.1. The Labute approximate surface area is 180 Å². The van der Waals surface area contributed by atoms with Crippen molar-refractivity contribution in [3.63, 3.8) is 0 Å². The molecule has 1 aliphatic heterocycles. The third-order valence-corrected chi connectivity index (χ3v) is 5.16. The molecule has 0 fully saturated rings. The van der Waals surface area contributed by atoms with Gasteiger partial charge in [0.15, 0.2) is 11.5 Å². The average molecular weight is 443 g/mol. The average Bonchev–Trinajstić information content (AvgIpc) is 3.36. The van der Waals surface area contributed by atoms with Crippen molar-refractivity contribution in [1.82, 2.24) is 14.9 Å². The molecular formula is C19H18FN7O3S. The number of fused-ring (bicyclic) bond motifs is 1. The Hall–Kier alpha value is -3.80. The van der Waals surface area contributed by atoms with Gasteiger partial charge in [0.05, 0.1) is 11.5 Å². The van der Waals surface area contributed by atoms with Crippen LogP contribution in [0.2, 0.25) is 0 Å². The summed E-state index contributed by atoms with van der Waals surface area (Å²) in [6.07, 6.45) is 0. The summed E-state index contributed by atoms with van der Waals surface area (Å²) in [5.41, 5.74) is 4.64. The Morgan fingerprint density at radius 2 is 2.10 bits per heavy atom. The van der Waals surface area contributed by atoms with Gasteiger partial charge in [0.2, 0.25) is 17.9 Å². The highest BCUT2D eigenvalue weighted by Gasteiger charge is 2.15. The number of hydrazone groups is 1. The Morgan fingerprint density at radius 1 is 1.26 bits per heavy atom. The van der Waals surface area contributed by atoms with E-state index in [-0.39, 0.29) is 24.4 Å². The molecule has 0 bridgehead atoms. The van der Waals surface area contributed by atoms with Crippen LogP contribution >= 0.6 is 11.8 Å². The minimum absolute atomic E-state index is 0.0192. The van der Waals surface area contributed by atoms with Gasteiger partial charge in [-0.15, -0.1) is 10.2 Å². The van der Waals surface area contributed by atoms with E-state index in [0.29, 0.717) is 28.1 Å². The monoisotopic (exact) mass is 443 g/mol. The lowest BCUT2D eigenvalue weighted by molar-refractivity contribution is -0.113. The zero-order valence-electron chi connectivity index (χ0n) is 16.3. The number of aromatic nitrogens is 3. The summed E-state index contributed by atoms with van der Waals surface area (Å²) < 4.78 is 25.0. The molecule has 31 heavy (non-hydrogen) atoms. The molecule has 0 saturated carbocycles. The molecule has 3 aromatic rings. The highest BCUT2D eigenvalue weighted by molar-refractivity contribution is 7.99. The summed E-state index contributed by atoms with van der Waals surface area (Å²) in [6, 6.07) is 11.1. The molecule has 2 heterocycles. The van der Waals surface area contributed by atoms with E-state index in [0.717, 1.165) is 17.3 Å². The molecule has 12 heteroatoms. The number of nitrogens with two attached hydrogens (primary N) is 1. The maximum atomic E-state index is 13.2. The normalized spacial score (nSPS) is 12.6. The predicted molar refractivity (Wildman–Crippen MR) is 114 cm³/mol. The minimum Gasteiger partial charge on any atom is -0.454 e. The highest BCUT2D eigenvalue weighted by Crippen LogP contribution is 2.32. The fourth-order valence-electron chi connectivity index (χ4n) is 2.67. The van der Waals surface area contributed by atoms with Crippen LogP contribution in [0.5, 0.6) is 11.5 Å². The Bertz CT molecular complexity index is 1150. The molecule has 4 N–H and O–H groups in total. The fraction of sp³-hybridized carbons (Fsp3) is 0.158. The van der Waals surface area contributed by atoms with Crippen LogP contribution in [0.3, 0.4) is 0 Å². The number of benzene rings is 2. The molecule has 2 aromatic carbocycles. The van der Waals surface area contributed by atoms with Crippen LogP contribution in [0.15, 0.2) is 52.7 Å². The summed E-state index contributed by atoms with van der Waals surface area (Å²) in [7, 11) is 0. The first kappa shape index (κ1) is 20.5. The quantitative estimate of drug-likeness (QED) is 0.220. The van der Waals surface area contributed by atoms with E-state index in [1.807, 2.05) is 25.1 Å². The number of amides is 1. The van der Waals surface area contributed by atoms with Crippen LogP contribution < -0.4 is 26.1 Å². The zero-order valence-corrected chi connectivity index (χ0v) is 17.1. The number of carbonyl (C=O) groups excluding carboxylic acids is 1. The van der Waals surface area contributed by atoms with Crippen LogP contribution in [0.4, 0.5) is 16.0 Å². The van der Waals surface area contributed by atoms with E-state index in [1.165, 1.54) is 22.9 Å². The molecule has 0 saturated heterocycles. The number of rotatable bonds is 7. The number of hydrogen-bond donors (Lipinski definition) is 3. The van der Waals surface area contributed by atoms with Crippen LogP contribution in [0.1, 0.15) is 12.5 Å². The Balaban J connectivity index is 1.34. The first-order valence-corrected chi connectivity index (χ1v) is 10.1. The van der Waals surface area contributed by atoms with Crippen molar-refractivity contribution in [3.05, 3.63) is 53.8 Å². The van der Waals surface area contributed by atoms with Crippen molar-refractivity contribution in [2.45, 2.75) is 12.1 Å². The van der Waals surface area contributed by atoms with Crippen LogP contribution in [-0.2, 0) is 4.79 Å². The minimum atomic E-state index is -0.431. The van der Waals surface area contributed by atoms with Gasteiger partial charge in [-0.25, -0.2) is 14.5 Å². The summed E-state index contributed by atoms with van der Waals surface area (Å²) in [5.74, 6) is 6.79. The topological polar surface area (TPSA) is 129 Å². The van der Waals surface area contributed by atoms with Crippen molar-refractivity contribution in [1.29, 1.82) is 0 Å². The van der Waals surface area contributed by atoms with Gasteiger partial charge in [-0.05, 0) is 43.3 Å². The molecule has 0 atom stereocenters. The number of anilines is 2. The smallest absolute Gasteiger partial charge is 0.264 e. The van der Waals surface area contributed by atoms with Crippen molar-refractivity contribution in [2.24, 2.45) is 5.10 Å². The molecular weight excluding hydrogens is 425 g/mol. The van der Waals surface area contributed by atoms with Crippen LogP contribution in [0.25, 0.3) is 0 Å². The number of nitrogen functional groups attached to an aromatic ring is 1. The van der Waals surface area contributed by atoms with E-state index >= 15 is 0 Å². The first-order valence-electron chi connectivity index (χ1n) is 9.08. The molecule has 1 aliphatic rings. The largest absolute Gasteiger partial charge is 0.454 e. The van der Waals surface area contributed by atoms with Crippen LogP contribution in [-0.4, -0.2) is 39.0 Å². The van der Waals surface area contributed by atoms with E-state index < -0.39 is 5.82 Å². The third-order valence-electron chi connectivity index (χ3n) is 4.22. The zero-order chi connectivity index (χ0) is 21.8. The third kappa shape index (κ3) is 4.86. The van der Waals surface area contributed by atoms with Gasteiger partial charge in [0.1, 0.15) is 5.82 Å². The molecule has 1 amide bonds. The van der Waals surface area contributed by atoms with Gasteiger partial charge in [-0.2, -0.15) is 5.10 Å². The van der Waals surface area contributed by atoms with E-state index in [1.54, 1.807) is 6.07 Å². The van der Waals surface area contributed by atoms with Crippen molar-refractivity contribution >= 4 is 35.0 Å². The van der Waals surface area contributed by atoms with Gasteiger partial charge in [-0.3, -0.25) is 4.79 Å². The predicted octanol–water partition coefficient (Wildman–Crippen LogP) is 2.43. The lowest BCUT2D eigenvalue weighted by Crippen LogP contribution is -2.17. The maximum Gasteiger partial charge on any atom is 0.264 e. The Morgan fingerprint density at radius 3 is 2.94 bits per heavy atom. The fourth-order valence-corrected chi connectivity index (χ4v) is 3.32. The number of nitrogens with one attached hydrogen (secondary N) is 2. The number of carbonyl (C=O) groups is 1. The van der Waals surface area contributed by atoms with E-state index in [4.69, 9.17) is 15.3 Å². The number of hydrogen-bond acceptors (Lipinski definition) is 9. The van der Waals surface area contributed by atoms with Gasteiger partial charge in [-0.1, -0.05) is 17.8 Å². The molecule has 0 radical (unpaired) electrons. The standard InChI is InChI=1S/C19H18FN7O3S/c1-11(12-5-6-15-16(7-12)30-10-29-15)23-24-18-25-26-19(27(18)21)31-9-17(28)22-14-4-2-3-13(20)8-14/h2-8H,9-10,21H2,1H3,(H,22,28)(H,24,25)/b23-11+. The summed E-state index contributed by atoms with van der Waals surface area (Å²) in [5, 5.41) is 15.1. The molecule has 0 unspecified atom stereocenters. The van der Waals surface area contributed by atoms with Gasteiger partial charge >= 0.3 is 0 Å². The molecule has 0 aliphatic carbocycles.